The van der Waals surface area contributed by atoms with E-state index in [2.05, 4.69) is 10.3 Å². The number of fused-ring (bicyclic) bond motifs is 1. The molecule has 0 fully saturated rings. The molecule has 0 atom stereocenters. The van der Waals surface area contributed by atoms with E-state index in [4.69, 9.17) is 26.3 Å². The minimum absolute atomic E-state index is 0.258. The summed E-state index contributed by atoms with van der Waals surface area (Å²) in [7, 11) is 1.64. The van der Waals surface area contributed by atoms with Gasteiger partial charge in [-0.25, -0.2) is 14.4 Å². The molecule has 0 saturated heterocycles. The van der Waals surface area contributed by atoms with Crippen LogP contribution in [0.25, 0.3) is 33.4 Å². The molecular weight excluding hydrogens is 439 g/mol. The zero-order valence-corrected chi connectivity index (χ0v) is 18.3. The number of hydrogen-bond donors (Lipinski definition) is 1. The van der Waals surface area contributed by atoms with Gasteiger partial charge in [-0.1, -0.05) is 29.8 Å². The molecule has 5 aromatic rings. The van der Waals surface area contributed by atoms with Crippen molar-refractivity contribution in [2.24, 2.45) is 0 Å². The molecule has 0 aliphatic carbocycles. The second-order valence-corrected chi connectivity index (χ2v) is 7.76. The molecule has 33 heavy (non-hydrogen) atoms. The van der Waals surface area contributed by atoms with E-state index in [-0.39, 0.29) is 5.02 Å². The van der Waals surface area contributed by atoms with Gasteiger partial charge in [0.05, 0.1) is 23.3 Å². The molecule has 0 bridgehead atoms. The van der Waals surface area contributed by atoms with Crippen molar-refractivity contribution in [1.29, 1.82) is 0 Å². The van der Waals surface area contributed by atoms with Crippen LogP contribution < -0.4 is 10.1 Å². The van der Waals surface area contributed by atoms with Gasteiger partial charge >= 0.3 is 0 Å². The smallest absolute Gasteiger partial charge is 0.163 e. The number of nitrogens with zero attached hydrogens (tertiary/aromatic N) is 3. The van der Waals surface area contributed by atoms with Crippen molar-refractivity contribution < 1.29 is 9.13 Å². The number of anilines is 2. The van der Waals surface area contributed by atoms with Gasteiger partial charge in [0.1, 0.15) is 17.4 Å². The van der Waals surface area contributed by atoms with Gasteiger partial charge in [-0.3, -0.25) is 4.98 Å². The van der Waals surface area contributed by atoms with Gasteiger partial charge in [0.2, 0.25) is 0 Å². The summed E-state index contributed by atoms with van der Waals surface area (Å²) in [6.07, 6.45) is 3.41. The van der Waals surface area contributed by atoms with Crippen LogP contribution in [0.2, 0.25) is 5.02 Å². The summed E-state index contributed by atoms with van der Waals surface area (Å²) in [6, 6.07) is 21.7. The zero-order valence-electron chi connectivity index (χ0n) is 17.6. The summed E-state index contributed by atoms with van der Waals surface area (Å²) >= 11 is 6.28. The van der Waals surface area contributed by atoms with Crippen molar-refractivity contribution in [3.63, 3.8) is 0 Å². The number of halogens is 2. The first-order valence-corrected chi connectivity index (χ1v) is 10.6. The van der Waals surface area contributed by atoms with Crippen LogP contribution in [0.5, 0.6) is 5.75 Å². The van der Waals surface area contributed by atoms with Gasteiger partial charge in [0.25, 0.3) is 0 Å². The lowest BCUT2D eigenvalue weighted by Gasteiger charge is -2.13. The van der Waals surface area contributed by atoms with Crippen molar-refractivity contribution in [1.82, 2.24) is 15.0 Å². The molecule has 5 rings (SSSR count). The number of benzene rings is 3. The third-order valence-corrected chi connectivity index (χ3v) is 5.52. The quantitative estimate of drug-likeness (QED) is 0.311. The molecule has 1 N–H and O–H groups in total. The van der Waals surface area contributed by atoms with Crippen LogP contribution in [0, 0.1) is 5.82 Å². The number of pyridine rings is 1. The van der Waals surface area contributed by atoms with E-state index >= 15 is 0 Å². The van der Waals surface area contributed by atoms with Crippen molar-refractivity contribution >= 4 is 34.0 Å². The lowest BCUT2D eigenvalue weighted by Crippen LogP contribution is -2.00. The van der Waals surface area contributed by atoms with Crippen LogP contribution in [0.1, 0.15) is 0 Å². The molecule has 0 amide bonds. The molecule has 0 radical (unpaired) electrons. The number of ether oxygens (including phenoxy) is 1. The Morgan fingerprint density at radius 2 is 1.73 bits per heavy atom. The Kier molecular flexibility index (Phi) is 5.59. The van der Waals surface area contributed by atoms with E-state index < -0.39 is 5.82 Å². The fraction of sp³-hybridized carbons (Fsp3) is 0.0385. The minimum atomic E-state index is -0.408. The van der Waals surface area contributed by atoms with E-state index in [1.165, 1.54) is 12.1 Å². The molecule has 2 heterocycles. The van der Waals surface area contributed by atoms with Gasteiger partial charge in [-0.2, -0.15) is 0 Å². The molecule has 5 nitrogen and oxygen atoms in total. The molecule has 0 unspecified atom stereocenters. The molecule has 162 valence electrons. The Bertz CT molecular complexity index is 1460. The van der Waals surface area contributed by atoms with Gasteiger partial charge in [0.15, 0.2) is 5.82 Å². The van der Waals surface area contributed by atoms with Crippen molar-refractivity contribution in [2.45, 2.75) is 0 Å². The molecule has 3 aromatic carbocycles. The van der Waals surface area contributed by atoms with E-state index in [1.54, 1.807) is 25.6 Å². The first kappa shape index (κ1) is 20.8. The Morgan fingerprint density at radius 1 is 0.879 bits per heavy atom. The largest absolute Gasteiger partial charge is 0.497 e. The van der Waals surface area contributed by atoms with E-state index in [0.717, 1.165) is 33.3 Å². The summed E-state index contributed by atoms with van der Waals surface area (Å²) < 4.78 is 18.9. The Balaban J connectivity index is 1.68. The molecule has 0 aliphatic heterocycles. The molecule has 2 aromatic heterocycles. The second-order valence-electron chi connectivity index (χ2n) is 7.35. The van der Waals surface area contributed by atoms with E-state index in [0.29, 0.717) is 17.3 Å². The SMILES string of the molecule is COc1cccc(-c2ccc3nc(-c4cccnc4)nc(Nc4ccc(F)cc4Cl)c3c2)c1. The fourth-order valence-corrected chi connectivity index (χ4v) is 3.76. The molecule has 0 saturated carbocycles. The first-order valence-electron chi connectivity index (χ1n) is 10.2. The topological polar surface area (TPSA) is 59.9 Å². The number of rotatable bonds is 5. The summed E-state index contributed by atoms with van der Waals surface area (Å²) in [4.78, 5) is 13.7. The number of aromatic nitrogens is 3. The summed E-state index contributed by atoms with van der Waals surface area (Å²) in [5, 5.41) is 4.31. The van der Waals surface area contributed by atoms with Crippen LogP contribution in [0.3, 0.4) is 0 Å². The molecule has 7 heteroatoms. The lowest BCUT2D eigenvalue weighted by atomic mass is 10.0. The molecule has 0 spiro atoms. The van der Waals surface area contributed by atoms with E-state index in [1.807, 2.05) is 54.6 Å². The van der Waals surface area contributed by atoms with E-state index in [9.17, 15) is 4.39 Å². The first-order chi connectivity index (χ1) is 16.1. The predicted octanol–water partition coefficient (Wildman–Crippen LogP) is 6.90. The average molecular weight is 457 g/mol. The maximum Gasteiger partial charge on any atom is 0.163 e. The number of nitrogens with one attached hydrogen (secondary N) is 1. The maximum atomic E-state index is 13.6. The third-order valence-electron chi connectivity index (χ3n) is 5.20. The predicted molar refractivity (Wildman–Crippen MR) is 129 cm³/mol. The van der Waals surface area contributed by atoms with Gasteiger partial charge in [-0.15, -0.1) is 0 Å². The third kappa shape index (κ3) is 4.33. The second kappa shape index (κ2) is 8.84. The Morgan fingerprint density at radius 3 is 2.52 bits per heavy atom. The number of methoxy groups -OCH3 is 1. The minimum Gasteiger partial charge on any atom is -0.497 e. The van der Waals surface area contributed by atoms with Gasteiger partial charge in [0, 0.05) is 23.3 Å². The van der Waals surface area contributed by atoms with Crippen molar-refractivity contribution in [3.05, 3.63) is 96.0 Å². The summed E-state index contributed by atoms with van der Waals surface area (Å²) in [6.45, 7) is 0. The van der Waals surface area contributed by atoms with Crippen molar-refractivity contribution in [3.8, 4) is 28.3 Å². The molecular formula is C26H18ClFN4O. The lowest BCUT2D eigenvalue weighted by molar-refractivity contribution is 0.415. The standard InChI is InChI=1S/C26H18ClFN4O/c1-33-20-6-2-4-16(12-20)17-7-9-23-21(13-17)26(31-24-10-8-19(28)14-22(24)27)32-25(30-23)18-5-3-11-29-15-18/h2-15H,1H3,(H,30,31,32). The van der Waals surface area contributed by atoms with Crippen LogP contribution in [-0.2, 0) is 0 Å². The highest BCUT2D eigenvalue weighted by molar-refractivity contribution is 6.33. The van der Waals surface area contributed by atoms with Crippen molar-refractivity contribution in [2.75, 3.05) is 12.4 Å². The monoisotopic (exact) mass is 456 g/mol. The average Bonchev–Trinajstić information content (AvgIpc) is 2.86. The van der Waals surface area contributed by atoms with Crippen LogP contribution >= 0.6 is 11.6 Å². The normalized spacial score (nSPS) is 10.9. The van der Waals surface area contributed by atoms with Gasteiger partial charge < -0.3 is 10.1 Å². The molecule has 0 aliphatic rings. The zero-order chi connectivity index (χ0) is 22.8. The number of hydrogen-bond acceptors (Lipinski definition) is 5. The Hall–Kier alpha value is -4.03. The maximum absolute atomic E-state index is 13.6. The Labute approximate surface area is 194 Å². The van der Waals surface area contributed by atoms with Crippen LogP contribution in [-0.4, -0.2) is 22.1 Å². The highest BCUT2D eigenvalue weighted by Gasteiger charge is 2.13. The highest BCUT2D eigenvalue weighted by atomic mass is 35.5. The van der Waals surface area contributed by atoms with Crippen LogP contribution in [0.15, 0.2) is 85.2 Å². The van der Waals surface area contributed by atoms with Gasteiger partial charge in [-0.05, 0) is 65.7 Å². The summed E-state index contributed by atoms with van der Waals surface area (Å²) in [5.41, 5.74) is 4.05. The van der Waals surface area contributed by atoms with Crippen LogP contribution in [0.4, 0.5) is 15.9 Å². The highest BCUT2D eigenvalue weighted by Crippen LogP contribution is 2.33. The fourth-order valence-electron chi connectivity index (χ4n) is 3.55. The summed E-state index contributed by atoms with van der Waals surface area (Å²) in [5.74, 6) is 1.43.